The van der Waals surface area contributed by atoms with E-state index in [1.165, 1.54) is 10.4 Å². The van der Waals surface area contributed by atoms with Gasteiger partial charge in [0.2, 0.25) is 10.0 Å². The molecule has 1 aliphatic heterocycles. The van der Waals surface area contributed by atoms with Crippen molar-refractivity contribution in [3.63, 3.8) is 0 Å². The summed E-state index contributed by atoms with van der Waals surface area (Å²) in [5, 5.41) is 8.95. The lowest BCUT2D eigenvalue weighted by atomic mass is 10.2. The molecule has 1 fully saturated rings. The Morgan fingerprint density at radius 1 is 1.55 bits per heavy atom. The van der Waals surface area contributed by atoms with Crippen LogP contribution in [0.5, 0.6) is 0 Å². The molecule has 2 atom stereocenters. The molecular weight excluding hydrogens is 370 g/mol. The number of carboxylic acids is 1. The molecule has 20 heavy (non-hydrogen) atoms. The van der Waals surface area contributed by atoms with E-state index in [0.717, 1.165) is 11.3 Å². The summed E-state index contributed by atoms with van der Waals surface area (Å²) in [7, 11) is -3.73. The second-order valence-corrected chi connectivity index (χ2v) is 8.85. The lowest BCUT2D eigenvalue weighted by Crippen LogP contribution is -2.50. The van der Waals surface area contributed by atoms with Crippen LogP contribution in [-0.2, 0) is 14.8 Å². The van der Waals surface area contributed by atoms with E-state index in [2.05, 4.69) is 15.9 Å². The number of thiophene rings is 1. The second kappa shape index (κ2) is 5.72. The zero-order chi connectivity index (χ0) is 15.1. The van der Waals surface area contributed by atoms with Crippen molar-refractivity contribution < 1.29 is 23.1 Å². The Morgan fingerprint density at radius 3 is 2.75 bits per heavy atom. The molecule has 0 spiro atoms. The molecule has 1 saturated heterocycles. The molecule has 1 aromatic heterocycles. The molecule has 6 nitrogen and oxygen atoms in total. The van der Waals surface area contributed by atoms with Crippen LogP contribution in [-0.4, -0.2) is 49.1 Å². The molecule has 0 radical (unpaired) electrons. The number of carboxylic acid groups (broad SMARTS) is 1. The summed E-state index contributed by atoms with van der Waals surface area (Å²) in [6.45, 7) is 4.16. The van der Waals surface area contributed by atoms with Gasteiger partial charge in [0, 0.05) is 12.6 Å². The number of sulfonamides is 1. The quantitative estimate of drug-likeness (QED) is 0.862. The summed E-state index contributed by atoms with van der Waals surface area (Å²) < 4.78 is 32.4. The van der Waals surface area contributed by atoms with Crippen molar-refractivity contribution in [3.05, 3.63) is 14.7 Å². The van der Waals surface area contributed by atoms with Crippen molar-refractivity contribution in [1.82, 2.24) is 4.31 Å². The lowest BCUT2D eigenvalue weighted by molar-refractivity contribution is -0.0170. The monoisotopic (exact) mass is 383 g/mol. The van der Waals surface area contributed by atoms with Gasteiger partial charge in [-0.15, -0.1) is 11.3 Å². The van der Waals surface area contributed by atoms with Crippen molar-refractivity contribution in [2.45, 2.75) is 30.9 Å². The highest BCUT2D eigenvalue weighted by molar-refractivity contribution is 9.11. The molecule has 0 bridgehead atoms. The number of hydrogen-bond acceptors (Lipinski definition) is 5. The summed E-state index contributed by atoms with van der Waals surface area (Å²) in [4.78, 5) is 10.9. The van der Waals surface area contributed by atoms with Gasteiger partial charge in [0.05, 0.1) is 16.5 Å². The Hall–Kier alpha value is -0.480. The van der Waals surface area contributed by atoms with E-state index in [4.69, 9.17) is 9.84 Å². The molecule has 1 N–H and O–H groups in total. The maximum atomic E-state index is 12.7. The normalized spacial score (nSPS) is 24.8. The maximum absolute atomic E-state index is 12.7. The minimum absolute atomic E-state index is 0.000787. The van der Waals surface area contributed by atoms with E-state index in [-0.39, 0.29) is 28.5 Å². The third-order valence-electron chi connectivity index (χ3n) is 3.00. The molecule has 0 saturated carbocycles. The Morgan fingerprint density at radius 2 is 2.20 bits per heavy atom. The number of rotatable bonds is 3. The van der Waals surface area contributed by atoms with Gasteiger partial charge in [0.1, 0.15) is 9.77 Å². The van der Waals surface area contributed by atoms with Gasteiger partial charge in [-0.25, -0.2) is 13.2 Å². The van der Waals surface area contributed by atoms with Crippen molar-refractivity contribution >= 4 is 43.3 Å². The SMILES string of the molecule is CC1CN(S(=O)(=O)c2cc(C(=O)O)sc2Br)C(C)CO1. The van der Waals surface area contributed by atoms with Crippen LogP contribution >= 0.6 is 27.3 Å². The van der Waals surface area contributed by atoms with Crippen LogP contribution in [0.25, 0.3) is 0 Å². The summed E-state index contributed by atoms with van der Waals surface area (Å²) in [6.07, 6.45) is -0.183. The summed E-state index contributed by atoms with van der Waals surface area (Å²) >= 11 is 4.04. The highest BCUT2D eigenvalue weighted by Gasteiger charge is 2.36. The smallest absolute Gasteiger partial charge is 0.345 e. The highest BCUT2D eigenvalue weighted by Crippen LogP contribution is 2.35. The van der Waals surface area contributed by atoms with Crippen LogP contribution in [0.2, 0.25) is 0 Å². The van der Waals surface area contributed by atoms with E-state index >= 15 is 0 Å². The summed E-state index contributed by atoms with van der Waals surface area (Å²) in [6, 6.07) is 0.912. The fraction of sp³-hybridized carbons (Fsp3) is 0.545. The van der Waals surface area contributed by atoms with Crippen LogP contribution in [0.1, 0.15) is 23.5 Å². The Balaban J connectivity index is 2.41. The third kappa shape index (κ3) is 2.91. The van der Waals surface area contributed by atoms with Gasteiger partial charge >= 0.3 is 5.97 Å². The first-order chi connectivity index (χ1) is 9.23. The average molecular weight is 384 g/mol. The molecule has 2 heterocycles. The van der Waals surface area contributed by atoms with E-state index in [1.54, 1.807) is 13.8 Å². The molecule has 2 unspecified atom stereocenters. The number of halogens is 1. The van der Waals surface area contributed by atoms with Gasteiger partial charge in [-0.1, -0.05) is 0 Å². The largest absolute Gasteiger partial charge is 0.477 e. The van der Waals surface area contributed by atoms with Gasteiger partial charge in [-0.3, -0.25) is 0 Å². The molecule has 1 aliphatic rings. The minimum Gasteiger partial charge on any atom is -0.477 e. The Labute approximate surface area is 129 Å². The number of aromatic carboxylic acids is 1. The van der Waals surface area contributed by atoms with Crippen LogP contribution in [0.15, 0.2) is 14.7 Å². The number of nitrogens with zero attached hydrogens (tertiary/aromatic N) is 1. The van der Waals surface area contributed by atoms with E-state index in [0.29, 0.717) is 10.4 Å². The molecule has 0 amide bonds. The second-order valence-electron chi connectivity index (χ2n) is 4.62. The topological polar surface area (TPSA) is 83.9 Å². The first-order valence-electron chi connectivity index (χ1n) is 5.89. The molecule has 0 aromatic carbocycles. The van der Waals surface area contributed by atoms with Crippen molar-refractivity contribution in [2.75, 3.05) is 13.2 Å². The minimum atomic E-state index is -3.73. The predicted octanol–water partition coefficient (Wildman–Crippen LogP) is 2.01. The number of carbonyl (C=O) groups is 1. The van der Waals surface area contributed by atoms with Gasteiger partial charge in [0.25, 0.3) is 0 Å². The van der Waals surface area contributed by atoms with Gasteiger partial charge in [-0.2, -0.15) is 4.31 Å². The van der Waals surface area contributed by atoms with E-state index in [9.17, 15) is 13.2 Å². The lowest BCUT2D eigenvalue weighted by Gasteiger charge is -2.35. The number of morpholine rings is 1. The summed E-state index contributed by atoms with van der Waals surface area (Å²) in [5.41, 5.74) is 0. The van der Waals surface area contributed by atoms with Crippen LogP contribution in [0, 0.1) is 0 Å². The van der Waals surface area contributed by atoms with Crippen LogP contribution < -0.4 is 0 Å². The van der Waals surface area contributed by atoms with Crippen molar-refractivity contribution in [2.24, 2.45) is 0 Å². The van der Waals surface area contributed by atoms with Crippen molar-refractivity contribution in [1.29, 1.82) is 0 Å². The third-order valence-corrected chi connectivity index (χ3v) is 7.22. The van der Waals surface area contributed by atoms with Crippen LogP contribution in [0.4, 0.5) is 0 Å². The molecule has 0 aliphatic carbocycles. The van der Waals surface area contributed by atoms with E-state index in [1.807, 2.05) is 0 Å². The molecule has 112 valence electrons. The maximum Gasteiger partial charge on any atom is 0.345 e. The fourth-order valence-electron chi connectivity index (χ4n) is 1.97. The molecular formula is C11H14BrNO5S2. The first-order valence-corrected chi connectivity index (χ1v) is 8.94. The first kappa shape index (κ1) is 15.9. The number of ether oxygens (including phenoxy) is 1. The van der Waals surface area contributed by atoms with Crippen LogP contribution in [0.3, 0.4) is 0 Å². The highest BCUT2D eigenvalue weighted by atomic mass is 79.9. The van der Waals surface area contributed by atoms with Gasteiger partial charge in [-0.05, 0) is 35.8 Å². The standard InChI is InChI=1S/C11H14BrNO5S2/c1-6-5-18-7(2)4-13(6)20(16,17)9-3-8(11(14)15)19-10(9)12/h3,6-7H,4-5H2,1-2H3,(H,14,15). The predicted molar refractivity (Wildman–Crippen MR) is 77.7 cm³/mol. The number of hydrogen-bond donors (Lipinski definition) is 1. The molecule has 1 aromatic rings. The van der Waals surface area contributed by atoms with Gasteiger partial charge < -0.3 is 9.84 Å². The van der Waals surface area contributed by atoms with Gasteiger partial charge in [0.15, 0.2) is 0 Å². The average Bonchev–Trinajstić information content (AvgIpc) is 2.75. The fourth-order valence-corrected chi connectivity index (χ4v) is 6.01. The zero-order valence-electron chi connectivity index (χ0n) is 10.9. The van der Waals surface area contributed by atoms with E-state index < -0.39 is 16.0 Å². The summed E-state index contributed by atoms with van der Waals surface area (Å²) in [5.74, 6) is -1.14. The van der Waals surface area contributed by atoms with Crippen molar-refractivity contribution in [3.8, 4) is 0 Å². The zero-order valence-corrected chi connectivity index (χ0v) is 14.1. The Kier molecular flexibility index (Phi) is 4.55. The Bertz CT molecular complexity index is 627. The molecule has 2 rings (SSSR count). The molecule has 9 heteroatoms.